The third-order valence-corrected chi connectivity index (χ3v) is 6.36. The summed E-state index contributed by atoms with van der Waals surface area (Å²) in [5.74, 6) is 0.712. The number of hydrogen-bond acceptors (Lipinski definition) is 4. The maximum atomic E-state index is 12.6. The first-order valence-corrected chi connectivity index (χ1v) is 9.56. The smallest absolute Gasteiger partial charge is 0.322 e. The lowest BCUT2D eigenvalue weighted by Crippen LogP contribution is -2.54. The molecule has 1 aromatic carbocycles. The standard InChI is InChI=1S/C21H27N5O/c1-16-22-13-18(14-23-16)26-15-20(24-19(26)27)9-11-21(12-10-20,25(2)3)17-7-5-4-6-8-17/h4-8,13-14H,9-12,15H2,1-3H3,(H,24,27)/t20-,21-. The van der Waals surface area contributed by atoms with Crippen molar-refractivity contribution >= 4 is 11.7 Å². The molecule has 2 heterocycles. The van der Waals surface area contributed by atoms with Gasteiger partial charge in [0.1, 0.15) is 5.82 Å². The third kappa shape index (κ3) is 3.08. The molecule has 2 aliphatic rings. The fraction of sp³-hybridized carbons (Fsp3) is 0.476. The summed E-state index contributed by atoms with van der Waals surface area (Å²) >= 11 is 0. The quantitative estimate of drug-likeness (QED) is 0.908. The molecule has 1 spiro atoms. The molecule has 6 nitrogen and oxygen atoms in total. The monoisotopic (exact) mass is 365 g/mol. The van der Waals surface area contributed by atoms with E-state index in [0.717, 1.165) is 31.4 Å². The molecule has 0 unspecified atom stereocenters. The molecule has 2 fully saturated rings. The van der Waals surface area contributed by atoms with Crippen molar-refractivity contribution < 1.29 is 4.79 Å². The molecule has 2 aromatic rings. The van der Waals surface area contributed by atoms with E-state index >= 15 is 0 Å². The number of hydrogen-bond donors (Lipinski definition) is 1. The molecule has 1 saturated heterocycles. The van der Waals surface area contributed by atoms with E-state index in [2.05, 4.69) is 64.6 Å². The van der Waals surface area contributed by atoms with Crippen molar-refractivity contribution in [3.63, 3.8) is 0 Å². The van der Waals surface area contributed by atoms with Crippen molar-refractivity contribution in [2.75, 3.05) is 25.5 Å². The van der Waals surface area contributed by atoms with Crippen LogP contribution in [0.4, 0.5) is 10.5 Å². The van der Waals surface area contributed by atoms with Crippen molar-refractivity contribution in [2.45, 2.75) is 43.7 Å². The van der Waals surface area contributed by atoms with E-state index in [1.807, 2.05) is 6.92 Å². The summed E-state index contributed by atoms with van der Waals surface area (Å²) in [5.41, 5.74) is 1.98. The number of aryl methyl sites for hydroxylation is 1. The highest BCUT2D eigenvalue weighted by atomic mass is 16.2. The first-order valence-electron chi connectivity index (χ1n) is 9.56. The molecular formula is C21H27N5O. The molecular weight excluding hydrogens is 338 g/mol. The first-order chi connectivity index (χ1) is 12.9. The summed E-state index contributed by atoms with van der Waals surface area (Å²) < 4.78 is 0. The molecule has 1 aromatic heterocycles. The molecule has 0 radical (unpaired) electrons. The van der Waals surface area contributed by atoms with Crippen molar-refractivity contribution in [1.29, 1.82) is 0 Å². The number of anilines is 1. The van der Waals surface area contributed by atoms with E-state index in [1.54, 1.807) is 17.3 Å². The minimum absolute atomic E-state index is 0.0254. The van der Waals surface area contributed by atoms with Crippen LogP contribution in [-0.4, -0.2) is 47.1 Å². The number of carbonyl (C=O) groups is 1. The summed E-state index contributed by atoms with van der Waals surface area (Å²) in [4.78, 5) is 25.3. The number of urea groups is 1. The number of nitrogens with one attached hydrogen (secondary N) is 1. The molecule has 1 N–H and O–H groups in total. The zero-order chi connectivity index (χ0) is 19.1. The highest BCUT2D eigenvalue weighted by molar-refractivity contribution is 5.95. The number of benzene rings is 1. The van der Waals surface area contributed by atoms with Crippen LogP contribution < -0.4 is 10.2 Å². The SMILES string of the molecule is Cc1ncc(N2C[C@]3(CC[C@@](c4ccccc4)(N(C)C)CC3)NC2=O)cn1. The average Bonchev–Trinajstić information content (AvgIpc) is 3.00. The summed E-state index contributed by atoms with van der Waals surface area (Å²) in [7, 11) is 4.32. The lowest BCUT2D eigenvalue weighted by Gasteiger charge is -2.48. The van der Waals surface area contributed by atoms with Gasteiger partial charge in [-0.3, -0.25) is 9.80 Å². The Hall–Kier alpha value is -2.47. The summed E-state index contributed by atoms with van der Waals surface area (Å²) in [6.07, 6.45) is 7.41. The predicted molar refractivity (Wildman–Crippen MR) is 106 cm³/mol. The zero-order valence-electron chi connectivity index (χ0n) is 16.3. The zero-order valence-corrected chi connectivity index (χ0v) is 16.3. The lowest BCUT2D eigenvalue weighted by molar-refractivity contribution is 0.0658. The molecule has 6 heteroatoms. The van der Waals surface area contributed by atoms with Gasteiger partial charge in [0.25, 0.3) is 0 Å². The number of aromatic nitrogens is 2. The number of rotatable bonds is 3. The van der Waals surface area contributed by atoms with Crippen LogP contribution in [0, 0.1) is 6.92 Å². The largest absolute Gasteiger partial charge is 0.330 e. The van der Waals surface area contributed by atoms with Gasteiger partial charge in [-0.2, -0.15) is 0 Å². The average molecular weight is 365 g/mol. The Kier molecular flexibility index (Phi) is 4.38. The van der Waals surface area contributed by atoms with Crippen LogP contribution in [0.15, 0.2) is 42.7 Å². The van der Waals surface area contributed by atoms with Crippen molar-refractivity contribution in [2.24, 2.45) is 0 Å². The summed E-state index contributed by atoms with van der Waals surface area (Å²) in [6, 6.07) is 10.7. The lowest BCUT2D eigenvalue weighted by atomic mass is 9.69. The van der Waals surface area contributed by atoms with E-state index in [4.69, 9.17) is 0 Å². The van der Waals surface area contributed by atoms with Crippen LogP contribution in [0.1, 0.15) is 37.1 Å². The highest BCUT2D eigenvalue weighted by Crippen LogP contribution is 2.46. The van der Waals surface area contributed by atoms with E-state index in [9.17, 15) is 4.79 Å². The van der Waals surface area contributed by atoms with E-state index in [0.29, 0.717) is 12.4 Å². The van der Waals surface area contributed by atoms with Crippen LogP contribution >= 0.6 is 0 Å². The first kappa shape index (κ1) is 17.9. The van der Waals surface area contributed by atoms with Crippen LogP contribution in [0.2, 0.25) is 0 Å². The van der Waals surface area contributed by atoms with Gasteiger partial charge in [0.15, 0.2) is 0 Å². The molecule has 4 rings (SSSR count). The van der Waals surface area contributed by atoms with Gasteiger partial charge in [-0.1, -0.05) is 30.3 Å². The van der Waals surface area contributed by atoms with Crippen molar-refractivity contribution in [1.82, 2.24) is 20.2 Å². The second-order valence-corrected chi connectivity index (χ2v) is 8.08. The Morgan fingerprint density at radius 3 is 2.26 bits per heavy atom. The minimum atomic E-state index is -0.170. The summed E-state index contributed by atoms with van der Waals surface area (Å²) in [5, 5.41) is 3.27. The van der Waals surface area contributed by atoms with Crippen LogP contribution in [0.5, 0.6) is 0 Å². The molecule has 1 aliphatic heterocycles. The maximum Gasteiger partial charge on any atom is 0.322 e. The Labute approximate surface area is 160 Å². The van der Waals surface area contributed by atoms with Crippen molar-refractivity contribution in [3.8, 4) is 0 Å². The van der Waals surface area contributed by atoms with Gasteiger partial charge in [-0.15, -0.1) is 0 Å². The van der Waals surface area contributed by atoms with Crippen LogP contribution in [0.25, 0.3) is 0 Å². The second-order valence-electron chi connectivity index (χ2n) is 8.08. The molecule has 27 heavy (non-hydrogen) atoms. The van der Waals surface area contributed by atoms with E-state index in [1.165, 1.54) is 5.56 Å². The van der Waals surface area contributed by atoms with Gasteiger partial charge in [-0.05, 0) is 52.3 Å². The molecule has 1 aliphatic carbocycles. The Morgan fingerprint density at radius 2 is 1.67 bits per heavy atom. The van der Waals surface area contributed by atoms with Gasteiger partial charge in [0.2, 0.25) is 0 Å². The van der Waals surface area contributed by atoms with E-state index < -0.39 is 0 Å². The second kappa shape index (κ2) is 6.60. The van der Waals surface area contributed by atoms with Gasteiger partial charge >= 0.3 is 6.03 Å². The Bertz CT molecular complexity index is 810. The third-order valence-electron chi connectivity index (χ3n) is 6.36. The fourth-order valence-electron chi connectivity index (χ4n) is 4.61. The molecule has 2 amide bonds. The number of nitrogens with zero attached hydrogens (tertiary/aromatic N) is 4. The van der Waals surface area contributed by atoms with E-state index in [-0.39, 0.29) is 17.1 Å². The Balaban J connectivity index is 1.54. The molecule has 0 atom stereocenters. The topological polar surface area (TPSA) is 61.4 Å². The predicted octanol–water partition coefficient (Wildman–Crippen LogP) is 3.08. The normalized spacial score (nSPS) is 28.0. The molecule has 0 bridgehead atoms. The highest BCUT2D eigenvalue weighted by Gasteiger charge is 2.50. The van der Waals surface area contributed by atoms with Gasteiger partial charge < -0.3 is 5.32 Å². The van der Waals surface area contributed by atoms with Gasteiger partial charge in [-0.25, -0.2) is 14.8 Å². The molecule has 1 saturated carbocycles. The van der Waals surface area contributed by atoms with Gasteiger partial charge in [0.05, 0.1) is 30.2 Å². The Morgan fingerprint density at radius 1 is 1.04 bits per heavy atom. The fourth-order valence-corrected chi connectivity index (χ4v) is 4.61. The molecule has 142 valence electrons. The van der Waals surface area contributed by atoms with Crippen molar-refractivity contribution in [3.05, 3.63) is 54.1 Å². The number of carbonyl (C=O) groups excluding carboxylic acids is 1. The van der Waals surface area contributed by atoms with Crippen LogP contribution in [-0.2, 0) is 5.54 Å². The number of amides is 2. The minimum Gasteiger partial charge on any atom is -0.330 e. The summed E-state index contributed by atoms with van der Waals surface area (Å²) in [6.45, 7) is 2.53. The maximum absolute atomic E-state index is 12.6. The van der Waals surface area contributed by atoms with Crippen LogP contribution in [0.3, 0.4) is 0 Å². The van der Waals surface area contributed by atoms with Gasteiger partial charge in [0, 0.05) is 5.54 Å².